The highest BCUT2D eigenvalue weighted by molar-refractivity contribution is 5.31. The van der Waals surface area contributed by atoms with Gasteiger partial charge in [0.1, 0.15) is 0 Å². The van der Waals surface area contributed by atoms with Gasteiger partial charge in [0.15, 0.2) is 0 Å². The van der Waals surface area contributed by atoms with Crippen LogP contribution >= 0.6 is 0 Å². The standard InChI is InChI=1S/C12H20N2/c1-12(2)8-6-5-7-11(9-12)10-13-14(3)4/h5-9,13H,10H2,1-4H3. The number of hydrogen-bond acceptors (Lipinski definition) is 2. The molecule has 1 N–H and O–H groups in total. The van der Waals surface area contributed by atoms with E-state index in [1.165, 1.54) is 5.57 Å². The van der Waals surface area contributed by atoms with E-state index in [0.29, 0.717) is 0 Å². The van der Waals surface area contributed by atoms with E-state index in [9.17, 15) is 0 Å². The average molecular weight is 192 g/mol. The van der Waals surface area contributed by atoms with Gasteiger partial charge < -0.3 is 0 Å². The first kappa shape index (κ1) is 11.2. The molecular weight excluding hydrogens is 172 g/mol. The Kier molecular flexibility index (Phi) is 3.67. The molecule has 0 bridgehead atoms. The normalized spacial score (nSPS) is 19.6. The van der Waals surface area contributed by atoms with Crippen molar-refractivity contribution >= 4 is 0 Å². The maximum absolute atomic E-state index is 3.27. The van der Waals surface area contributed by atoms with Crippen molar-refractivity contribution < 1.29 is 0 Å². The molecule has 0 atom stereocenters. The molecule has 0 aromatic heterocycles. The number of hydrazine groups is 1. The molecule has 14 heavy (non-hydrogen) atoms. The maximum atomic E-state index is 3.27. The Morgan fingerprint density at radius 1 is 1.29 bits per heavy atom. The van der Waals surface area contributed by atoms with Crippen molar-refractivity contribution in [3.05, 3.63) is 36.0 Å². The summed E-state index contributed by atoms with van der Waals surface area (Å²) in [7, 11) is 4.01. The van der Waals surface area contributed by atoms with Crippen LogP contribution in [0.1, 0.15) is 13.8 Å². The lowest BCUT2D eigenvalue weighted by Gasteiger charge is -2.17. The van der Waals surface area contributed by atoms with Gasteiger partial charge in [-0.25, -0.2) is 0 Å². The van der Waals surface area contributed by atoms with Crippen LogP contribution in [0.25, 0.3) is 0 Å². The summed E-state index contributed by atoms with van der Waals surface area (Å²) in [6, 6.07) is 0. The van der Waals surface area contributed by atoms with E-state index in [4.69, 9.17) is 0 Å². The number of rotatable bonds is 3. The van der Waals surface area contributed by atoms with E-state index >= 15 is 0 Å². The zero-order valence-corrected chi connectivity index (χ0v) is 9.54. The second-order valence-corrected chi connectivity index (χ2v) is 4.49. The monoisotopic (exact) mass is 192 g/mol. The molecule has 0 spiro atoms. The van der Waals surface area contributed by atoms with Crippen molar-refractivity contribution in [2.24, 2.45) is 5.41 Å². The van der Waals surface area contributed by atoms with E-state index in [1.54, 1.807) is 0 Å². The van der Waals surface area contributed by atoms with Crippen molar-refractivity contribution in [1.82, 2.24) is 10.4 Å². The summed E-state index contributed by atoms with van der Waals surface area (Å²) in [4.78, 5) is 0. The van der Waals surface area contributed by atoms with E-state index in [-0.39, 0.29) is 5.41 Å². The SMILES string of the molecule is CN(C)NCC1=CC(C)(C)C=CC=C1. The fourth-order valence-electron chi connectivity index (χ4n) is 1.42. The molecule has 0 radical (unpaired) electrons. The van der Waals surface area contributed by atoms with Gasteiger partial charge in [-0.15, -0.1) is 0 Å². The first-order valence-electron chi connectivity index (χ1n) is 4.98. The highest BCUT2D eigenvalue weighted by Crippen LogP contribution is 2.23. The van der Waals surface area contributed by atoms with Gasteiger partial charge in [0.05, 0.1) is 0 Å². The summed E-state index contributed by atoms with van der Waals surface area (Å²) >= 11 is 0. The molecule has 0 aromatic rings. The predicted octanol–water partition coefficient (Wildman–Crippen LogP) is 2.13. The summed E-state index contributed by atoms with van der Waals surface area (Å²) in [5, 5.41) is 1.97. The van der Waals surface area contributed by atoms with Crippen LogP contribution in [-0.2, 0) is 0 Å². The van der Waals surface area contributed by atoms with Gasteiger partial charge in [-0.2, -0.15) is 0 Å². The Balaban J connectivity index is 2.64. The molecule has 0 saturated heterocycles. The first-order chi connectivity index (χ1) is 6.49. The van der Waals surface area contributed by atoms with Crippen molar-refractivity contribution in [2.75, 3.05) is 20.6 Å². The molecule has 0 fully saturated rings. The summed E-state index contributed by atoms with van der Waals surface area (Å²) in [6.07, 6.45) is 10.9. The summed E-state index contributed by atoms with van der Waals surface area (Å²) in [6.45, 7) is 5.31. The Morgan fingerprint density at radius 2 is 2.00 bits per heavy atom. The second kappa shape index (κ2) is 4.58. The highest BCUT2D eigenvalue weighted by Gasteiger charge is 2.11. The van der Waals surface area contributed by atoms with Gasteiger partial charge in [0, 0.05) is 26.1 Å². The van der Waals surface area contributed by atoms with Crippen LogP contribution in [0.15, 0.2) is 36.0 Å². The van der Waals surface area contributed by atoms with Gasteiger partial charge in [0.25, 0.3) is 0 Å². The average Bonchev–Trinajstić information content (AvgIpc) is 2.22. The Hall–Kier alpha value is -0.860. The van der Waals surface area contributed by atoms with Crippen LogP contribution < -0.4 is 5.43 Å². The number of nitrogens with one attached hydrogen (secondary N) is 1. The molecule has 2 heteroatoms. The van der Waals surface area contributed by atoms with Crippen LogP contribution in [0.4, 0.5) is 0 Å². The van der Waals surface area contributed by atoms with Crippen molar-refractivity contribution in [2.45, 2.75) is 13.8 Å². The third-order valence-corrected chi connectivity index (χ3v) is 2.10. The van der Waals surface area contributed by atoms with Gasteiger partial charge in [-0.3, -0.25) is 10.4 Å². The van der Waals surface area contributed by atoms with E-state index in [1.807, 2.05) is 19.1 Å². The van der Waals surface area contributed by atoms with Gasteiger partial charge in [-0.05, 0) is 5.57 Å². The van der Waals surface area contributed by atoms with E-state index < -0.39 is 0 Å². The Bertz CT molecular complexity index is 270. The minimum absolute atomic E-state index is 0.160. The number of nitrogens with zero attached hydrogens (tertiary/aromatic N) is 1. The molecule has 0 saturated carbocycles. The lowest BCUT2D eigenvalue weighted by atomic mass is 9.91. The van der Waals surface area contributed by atoms with Crippen molar-refractivity contribution in [3.8, 4) is 0 Å². The van der Waals surface area contributed by atoms with Gasteiger partial charge in [0.2, 0.25) is 0 Å². The molecule has 1 aliphatic carbocycles. The van der Waals surface area contributed by atoms with Crippen LogP contribution in [0, 0.1) is 5.41 Å². The molecule has 1 rings (SSSR count). The zero-order chi connectivity index (χ0) is 10.6. The maximum Gasteiger partial charge on any atom is 0.0350 e. The largest absolute Gasteiger partial charge is 0.251 e. The van der Waals surface area contributed by atoms with Gasteiger partial charge >= 0.3 is 0 Å². The molecule has 0 heterocycles. The molecule has 0 aromatic carbocycles. The fourth-order valence-corrected chi connectivity index (χ4v) is 1.42. The lowest BCUT2D eigenvalue weighted by Crippen LogP contribution is -2.32. The van der Waals surface area contributed by atoms with Gasteiger partial charge in [-0.1, -0.05) is 44.2 Å². The van der Waals surface area contributed by atoms with Crippen LogP contribution in [0.3, 0.4) is 0 Å². The van der Waals surface area contributed by atoms with E-state index in [0.717, 1.165) is 6.54 Å². The smallest absolute Gasteiger partial charge is 0.0350 e. The van der Waals surface area contributed by atoms with Crippen LogP contribution in [0.5, 0.6) is 0 Å². The highest BCUT2D eigenvalue weighted by atomic mass is 15.5. The predicted molar refractivity (Wildman–Crippen MR) is 61.8 cm³/mol. The molecule has 1 aliphatic rings. The Morgan fingerprint density at radius 3 is 2.64 bits per heavy atom. The minimum atomic E-state index is 0.160. The number of hydrogen-bond donors (Lipinski definition) is 1. The summed E-state index contributed by atoms with van der Waals surface area (Å²) in [5.41, 5.74) is 4.75. The minimum Gasteiger partial charge on any atom is -0.251 e. The van der Waals surface area contributed by atoms with Crippen molar-refractivity contribution in [3.63, 3.8) is 0 Å². The topological polar surface area (TPSA) is 15.3 Å². The van der Waals surface area contributed by atoms with Crippen LogP contribution in [0.2, 0.25) is 0 Å². The van der Waals surface area contributed by atoms with Crippen LogP contribution in [-0.4, -0.2) is 25.6 Å². The third kappa shape index (κ3) is 3.90. The molecule has 0 amide bonds. The first-order valence-corrected chi connectivity index (χ1v) is 4.98. The molecule has 2 nitrogen and oxygen atoms in total. The lowest BCUT2D eigenvalue weighted by molar-refractivity contribution is 0.303. The number of allylic oxidation sites excluding steroid dienone is 4. The van der Waals surface area contributed by atoms with E-state index in [2.05, 4.69) is 49.7 Å². The molecule has 0 aliphatic heterocycles. The third-order valence-electron chi connectivity index (χ3n) is 2.10. The fraction of sp³-hybridized carbons (Fsp3) is 0.500. The molecular formula is C12H20N2. The summed E-state index contributed by atoms with van der Waals surface area (Å²) in [5.74, 6) is 0. The molecule has 0 unspecified atom stereocenters. The molecule has 78 valence electrons. The summed E-state index contributed by atoms with van der Waals surface area (Å²) < 4.78 is 0. The second-order valence-electron chi connectivity index (χ2n) is 4.49. The van der Waals surface area contributed by atoms with Crippen molar-refractivity contribution in [1.29, 1.82) is 0 Å². The Labute approximate surface area is 87.0 Å². The quantitative estimate of drug-likeness (QED) is 0.689. The zero-order valence-electron chi connectivity index (χ0n) is 9.54.